The topological polar surface area (TPSA) is 57.0 Å². The van der Waals surface area contributed by atoms with Crippen molar-refractivity contribution in [2.24, 2.45) is 13.0 Å². The lowest BCUT2D eigenvalue weighted by atomic mass is 10.0. The van der Waals surface area contributed by atoms with E-state index < -0.39 is 0 Å². The van der Waals surface area contributed by atoms with E-state index in [4.69, 9.17) is 4.74 Å². The van der Waals surface area contributed by atoms with E-state index in [2.05, 4.69) is 10.2 Å². The predicted octanol–water partition coefficient (Wildman–Crippen LogP) is 0.423. The Morgan fingerprint density at radius 1 is 1.71 bits per heavy atom. The summed E-state index contributed by atoms with van der Waals surface area (Å²) in [5.74, 6) is 0.595. The van der Waals surface area contributed by atoms with Crippen LogP contribution in [-0.4, -0.2) is 33.3 Å². The van der Waals surface area contributed by atoms with E-state index >= 15 is 0 Å². The Labute approximate surface area is 82.1 Å². The Kier molecular flexibility index (Phi) is 2.33. The highest BCUT2D eigenvalue weighted by Gasteiger charge is 2.33. The van der Waals surface area contributed by atoms with Crippen LogP contribution < -0.4 is 0 Å². The van der Waals surface area contributed by atoms with Crippen LogP contribution in [0.2, 0.25) is 0 Å². The van der Waals surface area contributed by atoms with Crippen molar-refractivity contribution >= 4 is 5.78 Å². The Bertz CT molecular complexity index is 348. The van der Waals surface area contributed by atoms with E-state index in [-0.39, 0.29) is 17.8 Å². The van der Waals surface area contributed by atoms with Gasteiger partial charge in [-0.3, -0.25) is 4.79 Å². The molecular weight excluding hydrogens is 182 g/mol. The Hall–Kier alpha value is -1.23. The van der Waals surface area contributed by atoms with Gasteiger partial charge in [-0.05, 0) is 12.3 Å². The van der Waals surface area contributed by atoms with Gasteiger partial charge >= 0.3 is 0 Å². The summed E-state index contributed by atoms with van der Waals surface area (Å²) in [4.78, 5) is 11.9. The number of carbonyl (C=O) groups is 1. The van der Waals surface area contributed by atoms with Crippen LogP contribution in [0.5, 0.6) is 0 Å². The fourth-order valence-corrected chi connectivity index (χ4v) is 1.66. The molecule has 5 heteroatoms. The third-order valence-electron chi connectivity index (χ3n) is 2.58. The van der Waals surface area contributed by atoms with Crippen molar-refractivity contribution in [3.8, 4) is 0 Å². The largest absolute Gasteiger partial charge is 0.370 e. The predicted molar refractivity (Wildman–Crippen MR) is 48.9 cm³/mol. The summed E-state index contributed by atoms with van der Waals surface area (Å²) in [6, 6.07) is 0. The second-order valence-corrected chi connectivity index (χ2v) is 3.69. The van der Waals surface area contributed by atoms with Gasteiger partial charge in [0.2, 0.25) is 11.6 Å². The van der Waals surface area contributed by atoms with Gasteiger partial charge in [0.15, 0.2) is 0 Å². The molecule has 1 fully saturated rings. The van der Waals surface area contributed by atoms with Crippen LogP contribution in [0.25, 0.3) is 0 Å². The Morgan fingerprint density at radius 2 is 2.50 bits per heavy atom. The minimum Gasteiger partial charge on any atom is -0.370 e. The summed E-state index contributed by atoms with van der Waals surface area (Å²) in [6.45, 7) is 2.68. The number of hydrogen-bond donors (Lipinski definition) is 0. The van der Waals surface area contributed by atoms with Crippen LogP contribution in [0.3, 0.4) is 0 Å². The SMILES string of the molecule is CC1CCOC1C(=O)c1nncn1C. The highest BCUT2D eigenvalue weighted by atomic mass is 16.5. The van der Waals surface area contributed by atoms with E-state index in [9.17, 15) is 4.79 Å². The smallest absolute Gasteiger partial charge is 0.229 e. The molecule has 1 aromatic heterocycles. The first-order valence-electron chi connectivity index (χ1n) is 4.70. The summed E-state index contributed by atoms with van der Waals surface area (Å²) < 4.78 is 7.00. The van der Waals surface area contributed by atoms with Gasteiger partial charge in [0.25, 0.3) is 0 Å². The van der Waals surface area contributed by atoms with Crippen molar-refractivity contribution in [3.05, 3.63) is 12.2 Å². The van der Waals surface area contributed by atoms with Crippen molar-refractivity contribution in [1.29, 1.82) is 0 Å². The molecule has 1 aliphatic rings. The number of nitrogens with zero attached hydrogens (tertiary/aromatic N) is 3. The maximum absolute atomic E-state index is 11.9. The summed E-state index contributed by atoms with van der Waals surface area (Å²) in [7, 11) is 1.76. The lowest BCUT2D eigenvalue weighted by Gasteiger charge is -2.11. The van der Waals surface area contributed by atoms with Gasteiger partial charge in [-0.2, -0.15) is 0 Å². The highest BCUT2D eigenvalue weighted by molar-refractivity contribution is 5.96. The van der Waals surface area contributed by atoms with Crippen LogP contribution >= 0.6 is 0 Å². The molecule has 0 N–H and O–H groups in total. The zero-order valence-electron chi connectivity index (χ0n) is 8.30. The average Bonchev–Trinajstić information content (AvgIpc) is 2.73. The lowest BCUT2D eigenvalue weighted by Crippen LogP contribution is -2.27. The highest BCUT2D eigenvalue weighted by Crippen LogP contribution is 2.22. The first kappa shape index (κ1) is 9.33. The number of rotatable bonds is 2. The summed E-state index contributed by atoms with van der Waals surface area (Å²) in [5, 5.41) is 7.45. The molecule has 1 aromatic rings. The molecule has 0 spiro atoms. The molecule has 0 amide bonds. The molecule has 0 aromatic carbocycles. The maximum atomic E-state index is 11.9. The number of aromatic nitrogens is 3. The number of hydrogen-bond acceptors (Lipinski definition) is 4. The van der Waals surface area contributed by atoms with Gasteiger partial charge in [-0.25, -0.2) is 0 Å². The molecular formula is C9H13N3O2. The van der Waals surface area contributed by atoms with E-state index in [1.807, 2.05) is 6.92 Å². The standard InChI is InChI=1S/C9H13N3O2/c1-6-3-4-14-8(6)7(13)9-11-10-5-12(9)2/h5-6,8H,3-4H2,1-2H3. The normalized spacial score (nSPS) is 26.7. The molecule has 0 saturated carbocycles. The molecule has 5 nitrogen and oxygen atoms in total. The van der Waals surface area contributed by atoms with Crippen LogP contribution in [-0.2, 0) is 11.8 Å². The van der Waals surface area contributed by atoms with Crippen LogP contribution in [0, 0.1) is 5.92 Å². The van der Waals surface area contributed by atoms with Crippen molar-refractivity contribution in [3.63, 3.8) is 0 Å². The number of aryl methyl sites for hydroxylation is 1. The third kappa shape index (κ3) is 1.43. The van der Waals surface area contributed by atoms with E-state index in [0.717, 1.165) is 6.42 Å². The number of carbonyl (C=O) groups excluding carboxylic acids is 1. The first-order valence-corrected chi connectivity index (χ1v) is 4.70. The van der Waals surface area contributed by atoms with Gasteiger partial charge < -0.3 is 9.30 Å². The van der Waals surface area contributed by atoms with E-state index in [0.29, 0.717) is 12.4 Å². The van der Waals surface area contributed by atoms with Crippen molar-refractivity contribution in [2.45, 2.75) is 19.4 Å². The van der Waals surface area contributed by atoms with Gasteiger partial charge in [0.05, 0.1) is 0 Å². The Balaban J connectivity index is 2.20. The molecule has 1 aliphatic heterocycles. The van der Waals surface area contributed by atoms with Crippen LogP contribution in [0.15, 0.2) is 6.33 Å². The lowest BCUT2D eigenvalue weighted by molar-refractivity contribution is 0.0565. The quantitative estimate of drug-likeness (QED) is 0.642. The molecule has 2 heterocycles. The summed E-state index contributed by atoms with van der Waals surface area (Å²) in [5.41, 5.74) is 0. The second kappa shape index (κ2) is 3.49. The molecule has 0 radical (unpaired) electrons. The molecule has 14 heavy (non-hydrogen) atoms. The van der Waals surface area contributed by atoms with Crippen molar-refractivity contribution < 1.29 is 9.53 Å². The van der Waals surface area contributed by atoms with Crippen LogP contribution in [0.1, 0.15) is 24.0 Å². The van der Waals surface area contributed by atoms with Gasteiger partial charge in [-0.15, -0.1) is 10.2 Å². The molecule has 2 rings (SSSR count). The number of ether oxygens (including phenoxy) is 1. The fraction of sp³-hybridized carbons (Fsp3) is 0.667. The number of Topliss-reactive ketones (excluding diaryl/α,β-unsaturated/α-hetero) is 1. The molecule has 76 valence electrons. The Morgan fingerprint density at radius 3 is 3.00 bits per heavy atom. The molecule has 2 atom stereocenters. The van der Waals surface area contributed by atoms with Crippen molar-refractivity contribution in [1.82, 2.24) is 14.8 Å². The summed E-state index contributed by atoms with van der Waals surface area (Å²) >= 11 is 0. The van der Waals surface area contributed by atoms with Gasteiger partial charge in [0, 0.05) is 13.7 Å². The second-order valence-electron chi connectivity index (χ2n) is 3.69. The first-order chi connectivity index (χ1) is 6.70. The maximum Gasteiger partial charge on any atom is 0.229 e. The zero-order valence-corrected chi connectivity index (χ0v) is 8.30. The number of ketones is 1. The van der Waals surface area contributed by atoms with Crippen LogP contribution in [0.4, 0.5) is 0 Å². The van der Waals surface area contributed by atoms with Crippen molar-refractivity contribution in [2.75, 3.05) is 6.61 Å². The summed E-state index contributed by atoms with van der Waals surface area (Å²) in [6.07, 6.45) is 2.12. The molecule has 2 unspecified atom stereocenters. The van der Waals surface area contributed by atoms with E-state index in [1.165, 1.54) is 6.33 Å². The fourth-order valence-electron chi connectivity index (χ4n) is 1.66. The monoisotopic (exact) mass is 195 g/mol. The third-order valence-corrected chi connectivity index (χ3v) is 2.58. The molecule has 0 bridgehead atoms. The molecule has 0 aliphatic carbocycles. The zero-order chi connectivity index (χ0) is 10.1. The van der Waals surface area contributed by atoms with E-state index in [1.54, 1.807) is 11.6 Å². The van der Waals surface area contributed by atoms with Gasteiger partial charge in [0.1, 0.15) is 12.4 Å². The minimum absolute atomic E-state index is 0.0602. The molecule has 1 saturated heterocycles. The van der Waals surface area contributed by atoms with Gasteiger partial charge in [-0.1, -0.05) is 6.92 Å². The average molecular weight is 195 g/mol. The minimum atomic E-state index is -0.335.